The van der Waals surface area contributed by atoms with Gasteiger partial charge in [-0.2, -0.15) is 5.26 Å². The molecule has 1 rings (SSSR count). The van der Waals surface area contributed by atoms with E-state index in [1.165, 1.54) is 0 Å². The molecule has 0 saturated heterocycles. The predicted octanol–water partition coefficient (Wildman–Crippen LogP) is 2.66. The molecule has 0 amide bonds. The Labute approximate surface area is 83.5 Å². The van der Waals surface area contributed by atoms with E-state index in [1.807, 2.05) is 0 Å². The lowest BCUT2D eigenvalue weighted by atomic mass is 10.1. The van der Waals surface area contributed by atoms with Crippen LogP contribution in [0.15, 0.2) is 22.7 Å². The highest BCUT2D eigenvalue weighted by atomic mass is 79.9. The van der Waals surface area contributed by atoms with Gasteiger partial charge in [0, 0.05) is 15.1 Å². The summed E-state index contributed by atoms with van der Waals surface area (Å²) < 4.78 is 0.788. The summed E-state index contributed by atoms with van der Waals surface area (Å²) in [7, 11) is 0. The van der Waals surface area contributed by atoms with Crippen LogP contribution in [0.2, 0.25) is 5.02 Å². The Morgan fingerprint density at radius 3 is 2.83 bits per heavy atom. The molecule has 12 heavy (non-hydrogen) atoms. The van der Waals surface area contributed by atoms with Crippen LogP contribution in [0.3, 0.4) is 0 Å². The summed E-state index contributed by atoms with van der Waals surface area (Å²) in [5.74, 6) is 0. The van der Waals surface area contributed by atoms with Gasteiger partial charge >= 0.3 is 0 Å². The standard InChI is InChI=1S/C8H5BrClNO/c9-5-1-2-7(10)6(3-5)8(12)4-11/h1-3,8,12H. The largest absolute Gasteiger partial charge is 0.374 e. The van der Waals surface area contributed by atoms with Crippen LogP contribution in [0.1, 0.15) is 11.7 Å². The smallest absolute Gasteiger partial charge is 0.167 e. The van der Waals surface area contributed by atoms with Gasteiger partial charge in [0.1, 0.15) is 0 Å². The molecule has 4 heteroatoms. The summed E-state index contributed by atoms with van der Waals surface area (Å²) in [5, 5.41) is 18.0. The molecule has 2 nitrogen and oxygen atoms in total. The minimum Gasteiger partial charge on any atom is -0.374 e. The molecule has 0 aliphatic heterocycles. The number of nitriles is 1. The SMILES string of the molecule is N#CC(O)c1cc(Br)ccc1Cl. The summed E-state index contributed by atoms with van der Waals surface area (Å²) in [6.45, 7) is 0. The summed E-state index contributed by atoms with van der Waals surface area (Å²) in [6, 6.07) is 6.69. The molecular formula is C8H5BrClNO. The lowest BCUT2D eigenvalue weighted by molar-refractivity contribution is 0.236. The van der Waals surface area contributed by atoms with E-state index < -0.39 is 6.10 Å². The van der Waals surface area contributed by atoms with Crippen molar-refractivity contribution in [2.24, 2.45) is 0 Å². The van der Waals surface area contributed by atoms with Gasteiger partial charge in [0.25, 0.3) is 0 Å². The Balaban J connectivity index is 3.15. The second-order valence-electron chi connectivity index (χ2n) is 2.20. The van der Waals surface area contributed by atoms with E-state index in [9.17, 15) is 0 Å². The first-order valence-corrected chi connectivity index (χ1v) is 4.35. The van der Waals surface area contributed by atoms with Gasteiger partial charge in [0.05, 0.1) is 6.07 Å². The molecule has 0 fully saturated rings. The van der Waals surface area contributed by atoms with E-state index in [4.69, 9.17) is 22.0 Å². The Morgan fingerprint density at radius 2 is 2.25 bits per heavy atom. The predicted molar refractivity (Wildman–Crippen MR) is 49.7 cm³/mol. The number of nitrogens with zero attached hydrogens (tertiary/aromatic N) is 1. The van der Waals surface area contributed by atoms with Gasteiger partial charge in [0.2, 0.25) is 0 Å². The molecule has 0 saturated carbocycles. The molecule has 1 aromatic carbocycles. The molecule has 1 aromatic rings. The second-order valence-corrected chi connectivity index (χ2v) is 3.52. The molecule has 1 N–H and O–H groups in total. The Bertz CT molecular complexity index is 334. The van der Waals surface area contributed by atoms with Gasteiger partial charge in [-0.05, 0) is 18.2 Å². The van der Waals surface area contributed by atoms with E-state index in [0.717, 1.165) is 4.47 Å². The Kier molecular flexibility index (Phi) is 3.10. The van der Waals surface area contributed by atoms with E-state index in [-0.39, 0.29) is 0 Å². The summed E-state index contributed by atoms with van der Waals surface area (Å²) >= 11 is 8.95. The third-order valence-corrected chi connectivity index (χ3v) is 2.21. The zero-order valence-corrected chi connectivity index (χ0v) is 8.30. The van der Waals surface area contributed by atoms with Gasteiger partial charge < -0.3 is 5.11 Å². The minimum atomic E-state index is -1.16. The van der Waals surface area contributed by atoms with Crippen LogP contribution in [-0.2, 0) is 0 Å². The van der Waals surface area contributed by atoms with Crippen LogP contribution < -0.4 is 0 Å². The quantitative estimate of drug-likeness (QED) is 0.774. The molecule has 0 heterocycles. The third kappa shape index (κ3) is 1.98. The number of aliphatic hydroxyl groups is 1. The average molecular weight is 246 g/mol. The van der Waals surface area contributed by atoms with Crippen molar-refractivity contribution in [1.82, 2.24) is 0 Å². The minimum absolute atomic E-state index is 0.396. The van der Waals surface area contributed by atoms with E-state index in [2.05, 4.69) is 15.9 Å². The van der Waals surface area contributed by atoms with Gasteiger partial charge in [0.15, 0.2) is 6.10 Å². The normalized spacial score (nSPS) is 12.2. The maximum atomic E-state index is 9.17. The molecule has 62 valence electrons. The van der Waals surface area contributed by atoms with Crippen molar-refractivity contribution in [2.75, 3.05) is 0 Å². The number of halogens is 2. The van der Waals surface area contributed by atoms with Crippen molar-refractivity contribution in [3.8, 4) is 6.07 Å². The maximum Gasteiger partial charge on any atom is 0.167 e. The number of rotatable bonds is 1. The monoisotopic (exact) mass is 245 g/mol. The molecule has 0 aromatic heterocycles. The maximum absolute atomic E-state index is 9.17. The Morgan fingerprint density at radius 1 is 1.58 bits per heavy atom. The fourth-order valence-electron chi connectivity index (χ4n) is 0.794. The van der Waals surface area contributed by atoms with Crippen LogP contribution in [0.25, 0.3) is 0 Å². The van der Waals surface area contributed by atoms with Crippen molar-refractivity contribution < 1.29 is 5.11 Å². The van der Waals surface area contributed by atoms with Crippen molar-refractivity contribution in [3.05, 3.63) is 33.3 Å². The first kappa shape index (κ1) is 9.53. The number of hydrogen-bond donors (Lipinski definition) is 1. The van der Waals surface area contributed by atoms with Crippen molar-refractivity contribution >= 4 is 27.5 Å². The number of aliphatic hydroxyl groups excluding tert-OH is 1. The third-order valence-electron chi connectivity index (χ3n) is 1.37. The van der Waals surface area contributed by atoms with E-state index >= 15 is 0 Å². The van der Waals surface area contributed by atoms with Crippen LogP contribution >= 0.6 is 27.5 Å². The summed E-state index contributed by atoms with van der Waals surface area (Å²) in [6.07, 6.45) is -1.16. The van der Waals surface area contributed by atoms with Gasteiger partial charge in [-0.15, -0.1) is 0 Å². The molecule has 0 radical (unpaired) electrons. The highest BCUT2D eigenvalue weighted by Crippen LogP contribution is 2.25. The first-order chi connectivity index (χ1) is 5.65. The van der Waals surface area contributed by atoms with Gasteiger partial charge in [-0.1, -0.05) is 27.5 Å². The zero-order chi connectivity index (χ0) is 9.14. The van der Waals surface area contributed by atoms with Crippen LogP contribution in [0.5, 0.6) is 0 Å². The molecule has 1 unspecified atom stereocenters. The van der Waals surface area contributed by atoms with E-state index in [1.54, 1.807) is 24.3 Å². The molecule has 1 atom stereocenters. The molecular weight excluding hydrogens is 241 g/mol. The lowest BCUT2D eigenvalue weighted by Gasteiger charge is -2.04. The van der Waals surface area contributed by atoms with Crippen molar-refractivity contribution in [3.63, 3.8) is 0 Å². The zero-order valence-electron chi connectivity index (χ0n) is 5.96. The van der Waals surface area contributed by atoms with Crippen LogP contribution in [-0.4, -0.2) is 5.11 Å². The average Bonchev–Trinajstić information content (AvgIpc) is 2.08. The highest BCUT2D eigenvalue weighted by Gasteiger charge is 2.09. The molecule has 0 bridgehead atoms. The fraction of sp³-hybridized carbons (Fsp3) is 0.125. The van der Waals surface area contributed by atoms with Gasteiger partial charge in [-0.3, -0.25) is 0 Å². The number of hydrogen-bond acceptors (Lipinski definition) is 2. The van der Waals surface area contributed by atoms with Crippen molar-refractivity contribution in [1.29, 1.82) is 5.26 Å². The topological polar surface area (TPSA) is 44.0 Å². The van der Waals surface area contributed by atoms with Crippen molar-refractivity contribution in [2.45, 2.75) is 6.10 Å². The summed E-state index contributed by atoms with van der Waals surface area (Å²) in [4.78, 5) is 0. The summed E-state index contributed by atoms with van der Waals surface area (Å²) in [5.41, 5.74) is 0.425. The second kappa shape index (κ2) is 3.90. The first-order valence-electron chi connectivity index (χ1n) is 3.18. The number of benzene rings is 1. The van der Waals surface area contributed by atoms with Gasteiger partial charge in [-0.25, -0.2) is 0 Å². The lowest BCUT2D eigenvalue weighted by Crippen LogP contribution is -1.93. The van der Waals surface area contributed by atoms with Crippen LogP contribution in [0, 0.1) is 11.3 Å². The Hall–Kier alpha value is -0.560. The molecule has 0 aliphatic carbocycles. The fourth-order valence-corrected chi connectivity index (χ4v) is 1.39. The van der Waals surface area contributed by atoms with E-state index in [0.29, 0.717) is 10.6 Å². The highest BCUT2D eigenvalue weighted by molar-refractivity contribution is 9.10. The molecule has 0 spiro atoms. The van der Waals surface area contributed by atoms with Crippen LogP contribution in [0.4, 0.5) is 0 Å². The molecule has 0 aliphatic rings.